The average molecular weight is 534 g/mol. The Kier molecular flexibility index (Phi) is 11.4. The molecule has 1 aliphatic heterocycles. The zero-order valence-corrected chi connectivity index (χ0v) is 21.2. The summed E-state index contributed by atoms with van der Waals surface area (Å²) in [5.74, 6) is 3.62. The maximum absolute atomic E-state index is 5.44. The summed E-state index contributed by atoms with van der Waals surface area (Å²) in [6, 6.07) is 0.513. The van der Waals surface area contributed by atoms with Crippen LogP contribution < -0.4 is 10.6 Å². The molecule has 1 saturated carbocycles. The lowest BCUT2D eigenvalue weighted by molar-refractivity contribution is 0.0389. The summed E-state index contributed by atoms with van der Waals surface area (Å²) in [4.78, 5) is 7.27. The maximum atomic E-state index is 5.44. The Labute approximate surface area is 198 Å². The van der Waals surface area contributed by atoms with Crippen LogP contribution >= 0.6 is 24.0 Å². The number of hydrogen-bond donors (Lipinski definition) is 2. The second kappa shape index (κ2) is 13.5. The highest BCUT2D eigenvalue weighted by Crippen LogP contribution is 2.27. The number of halogens is 1. The van der Waals surface area contributed by atoms with Gasteiger partial charge in [0.2, 0.25) is 0 Å². The van der Waals surface area contributed by atoms with Gasteiger partial charge in [0.15, 0.2) is 11.8 Å². The average Bonchev–Trinajstić information content (AvgIpc) is 3.06. The van der Waals surface area contributed by atoms with Gasteiger partial charge in [0.1, 0.15) is 12.4 Å². The van der Waals surface area contributed by atoms with Crippen LogP contribution in [-0.4, -0.2) is 71.1 Å². The normalized spacial score (nSPS) is 23.1. The lowest BCUT2D eigenvalue weighted by Crippen LogP contribution is -2.48. The van der Waals surface area contributed by atoms with Crippen LogP contribution in [0.4, 0.5) is 0 Å². The smallest absolute Gasteiger partial charge is 0.191 e. The van der Waals surface area contributed by atoms with Crippen LogP contribution in [0.2, 0.25) is 0 Å². The van der Waals surface area contributed by atoms with E-state index in [1.807, 2.05) is 18.5 Å². The third kappa shape index (κ3) is 7.96. The molecule has 9 heteroatoms. The first-order valence-electron chi connectivity index (χ1n) is 11.4. The molecule has 0 radical (unpaired) electrons. The number of aryl methyl sites for hydroxylation is 1. The van der Waals surface area contributed by atoms with Crippen LogP contribution in [-0.2, 0) is 18.3 Å². The van der Waals surface area contributed by atoms with Gasteiger partial charge in [-0.25, -0.2) is 4.99 Å². The molecule has 0 spiro atoms. The summed E-state index contributed by atoms with van der Waals surface area (Å²) in [7, 11) is 1.99. The number of nitrogens with zero attached hydrogens (tertiary/aromatic N) is 5. The van der Waals surface area contributed by atoms with E-state index in [0.29, 0.717) is 12.6 Å². The first-order valence-corrected chi connectivity index (χ1v) is 11.4. The topological polar surface area (TPSA) is 79.6 Å². The molecule has 2 heterocycles. The number of rotatable bonds is 8. The highest BCUT2D eigenvalue weighted by molar-refractivity contribution is 14.0. The van der Waals surface area contributed by atoms with Gasteiger partial charge < -0.3 is 19.9 Å². The number of nitrogens with one attached hydrogen (secondary N) is 2. The SMILES string of the molecule is CCCC1CCC(NC(=NCc2nnc(C)n2C)NCCN2CCOCC2)CC1.I. The second-order valence-corrected chi connectivity index (χ2v) is 8.42. The fourth-order valence-corrected chi connectivity index (χ4v) is 4.25. The number of ether oxygens (including phenoxy) is 1. The van der Waals surface area contributed by atoms with Crippen LogP contribution in [0.5, 0.6) is 0 Å². The van der Waals surface area contributed by atoms with Gasteiger partial charge in [-0.05, 0) is 38.5 Å². The fourth-order valence-electron chi connectivity index (χ4n) is 4.25. The summed E-state index contributed by atoms with van der Waals surface area (Å²) >= 11 is 0. The molecule has 2 N–H and O–H groups in total. The summed E-state index contributed by atoms with van der Waals surface area (Å²) in [6.07, 6.45) is 7.80. The third-order valence-electron chi connectivity index (χ3n) is 6.27. The van der Waals surface area contributed by atoms with Crippen molar-refractivity contribution in [2.75, 3.05) is 39.4 Å². The van der Waals surface area contributed by atoms with E-state index in [4.69, 9.17) is 9.73 Å². The van der Waals surface area contributed by atoms with Crippen molar-refractivity contribution >= 4 is 29.9 Å². The van der Waals surface area contributed by atoms with Crippen LogP contribution in [0.15, 0.2) is 4.99 Å². The molecule has 8 nitrogen and oxygen atoms in total. The van der Waals surface area contributed by atoms with E-state index >= 15 is 0 Å². The molecule has 2 aliphatic rings. The Morgan fingerprint density at radius 3 is 2.53 bits per heavy atom. The predicted octanol–water partition coefficient (Wildman–Crippen LogP) is 2.47. The Morgan fingerprint density at radius 2 is 1.90 bits per heavy atom. The zero-order chi connectivity index (χ0) is 20.5. The molecule has 2 fully saturated rings. The van der Waals surface area contributed by atoms with E-state index in [9.17, 15) is 0 Å². The lowest BCUT2D eigenvalue weighted by atomic mass is 9.83. The van der Waals surface area contributed by atoms with Crippen molar-refractivity contribution in [2.24, 2.45) is 18.0 Å². The lowest BCUT2D eigenvalue weighted by Gasteiger charge is -2.30. The van der Waals surface area contributed by atoms with Crippen LogP contribution in [0.25, 0.3) is 0 Å². The van der Waals surface area contributed by atoms with Gasteiger partial charge in [0.25, 0.3) is 0 Å². The monoisotopic (exact) mass is 533 g/mol. The van der Waals surface area contributed by atoms with E-state index in [2.05, 4.69) is 32.7 Å². The Bertz CT molecular complexity index is 637. The Balaban J connectivity index is 0.00000320. The van der Waals surface area contributed by atoms with Gasteiger partial charge in [-0.3, -0.25) is 4.90 Å². The predicted molar refractivity (Wildman–Crippen MR) is 131 cm³/mol. The summed E-state index contributed by atoms with van der Waals surface area (Å²) in [5.41, 5.74) is 0. The zero-order valence-electron chi connectivity index (χ0n) is 18.9. The molecule has 1 saturated heterocycles. The van der Waals surface area contributed by atoms with Crippen molar-refractivity contribution in [2.45, 2.75) is 65.0 Å². The molecule has 1 aromatic heterocycles. The first-order chi connectivity index (χ1) is 14.2. The fraction of sp³-hybridized carbons (Fsp3) is 0.857. The van der Waals surface area contributed by atoms with Gasteiger partial charge in [0.05, 0.1) is 13.2 Å². The van der Waals surface area contributed by atoms with Crippen molar-refractivity contribution in [1.82, 2.24) is 30.3 Å². The molecule has 0 amide bonds. The molecule has 30 heavy (non-hydrogen) atoms. The maximum Gasteiger partial charge on any atom is 0.191 e. The van der Waals surface area contributed by atoms with Gasteiger partial charge in [-0.15, -0.1) is 34.2 Å². The van der Waals surface area contributed by atoms with Gasteiger partial charge in [0, 0.05) is 39.3 Å². The molecule has 1 aromatic rings. The van der Waals surface area contributed by atoms with E-state index in [0.717, 1.165) is 62.9 Å². The summed E-state index contributed by atoms with van der Waals surface area (Å²) < 4.78 is 7.45. The summed E-state index contributed by atoms with van der Waals surface area (Å²) in [6.45, 7) is 10.4. The largest absolute Gasteiger partial charge is 0.379 e. The minimum Gasteiger partial charge on any atom is -0.379 e. The molecular formula is C21H40IN7O. The number of guanidine groups is 1. The number of aromatic nitrogens is 3. The molecule has 0 aromatic carbocycles. The number of morpholine rings is 1. The van der Waals surface area contributed by atoms with E-state index in [1.165, 1.54) is 38.5 Å². The standard InChI is InChI=1S/C21H39N7O.HI/c1-4-5-18-6-8-19(9-7-18)24-21(22-10-11-28-12-14-29-15-13-28)23-16-20-26-25-17(2)27(20)3;/h18-19H,4-16H2,1-3H3,(H2,22,23,24);1H. The third-order valence-corrected chi connectivity index (χ3v) is 6.27. The highest BCUT2D eigenvalue weighted by Gasteiger charge is 2.21. The number of aliphatic imine (C=N–C) groups is 1. The van der Waals surface area contributed by atoms with Crippen LogP contribution in [0, 0.1) is 12.8 Å². The van der Waals surface area contributed by atoms with Gasteiger partial charge >= 0.3 is 0 Å². The van der Waals surface area contributed by atoms with E-state index < -0.39 is 0 Å². The van der Waals surface area contributed by atoms with Gasteiger partial charge in [-0.1, -0.05) is 19.8 Å². The molecule has 1 aliphatic carbocycles. The quantitative estimate of drug-likeness (QED) is 0.304. The molecule has 172 valence electrons. The first kappa shape index (κ1) is 25.3. The minimum atomic E-state index is 0. The van der Waals surface area contributed by atoms with Crippen molar-refractivity contribution in [3.05, 3.63) is 11.6 Å². The van der Waals surface area contributed by atoms with Crippen molar-refractivity contribution in [1.29, 1.82) is 0 Å². The Morgan fingerprint density at radius 1 is 1.17 bits per heavy atom. The minimum absolute atomic E-state index is 0. The molecule has 0 bridgehead atoms. The van der Waals surface area contributed by atoms with Crippen molar-refractivity contribution < 1.29 is 4.74 Å². The van der Waals surface area contributed by atoms with Crippen molar-refractivity contribution in [3.63, 3.8) is 0 Å². The molecule has 0 atom stereocenters. The van der Waals surface area contributed by atoms with Crippen molar-refractivity contribution in [3.8, 4) is 0 Å². The molecular weight excluding hydrogens is 493 g/mol. The van der Waals surface area contributed by atoms with Crippen LogP contribution in [0.1, 0.15) is 57.1 Å². The van der Waals surface area contributed by atoms with E-state index in [-0.39, 0.29) is 24.0 Å². The molecule has 3 rings (SSSR count). The summed E-state index contributed by atoms with van der Waals surface area (Å²) in [5, 5.41) is 15.6. The Hall–Kier alpha value is -0.940. The van der Waals surface area contributed by atoms with Crippen LogP contribution in [0.3, 0.4) is 0 Å². The second-order valence-electron chi connectivity index (χ2n) is 8.42. The van der Waals surface area contributed by atoms with Gasteiger partial charge in [-0.2, -0.15) is 0 Å². The molecule has 0 unspecified atom stereocenters. The highest BCUT2D eigenvalue weighted by atomic mass is 127. The number of hydrogen-bond acceptors (Lipinski definition) is 5. The van der Waals surface area contributed by atoms with E-state index in [1.54, 1.807) is 0 Å².